The van der Waals surface area contributed by atoms with Gasteiger partial charge < -0.3 is 10.4 Å². The average Bonchev–Trinajstić information content (AvgIpc) is 2.71. The summed E-state index contributed by atoms with van der Waals surface area (Å²) in [6.45, 7) is 5.67. The molecule has 19 heavy (non-hydrogen) atoms. The van der Waals surface area contributed by atoms with E-state index >= 15 is 0 Å². The number of carboxylic acid groups (broad SMARTS) is 1. The van der Waals surface area contributed by atoms with E-state index in [4.69, 9.17) is 0 Å². The summed E-state index contributed by atoms with van der Waals surface area (Å²) >= 11 is 4.93. The Morgan fingerprint density at radius 3 is 2.58 bits per heavy atom. The van der Waals surface area contributed by atoms with Crippen LogP contribution in [0.5, 0.6) is 0 Å². The minimum absolute atomic E-state index is 0.0109. The van der Waals surface area contributed by atoms with Crippen molar-refractivity contribution in [2.24, 2.45) is 11.3 Å². The topological polar surface area (TPSA) is 66.4 Å². The third kappa shape index (κ3) is 4.04. The second-order valence-corrected chi connectivity index (χ2v) is 6.88. The first kappa shape index (κ1) is 16.2. The highest BCUT2D eigenvalue weighted by atomic mass is 79.9. The molecule has 0 saturated heterocycles. The number of carboxylic acids is 1. The highest BCUT2D eigenvalue weighted by molar-refractivity contribution is 9.10. The third-order valence-corrected chi connectivity index (χ3v) is 5.35. The van der Waals surface area contributed by atoms with Gasteiger partial charge in [-0.3, -0.25) is 9.59 Å². The zero-order chi connectivity index (χ0) is 14.6. The molecule has 0 bridgehead atoms. The molecular formula is C13H18BrNO3S. The van der Waals surface area contributed by atoms with E-state index in [0.29, 0.717) is 6.54 Å². The Hall–Kier alpha value is -0.880. The second kappa shape index (κ2) is 6.52. The number of hydrogen-bond donors (Lipinski definition) is 2. The van der Waals surface area contributed by atoms with Gasteiger partial charge in [0, 0.05) is 15.8 Å². The molecule has 0 aliphatic rings. The van der Waals surface area contributed by atoms with Crippen molar-refractivity contribution in [2.45, 2.75) is 33.7 Å². The minimum Gasteiger partial charge on any atom is -0.481 e. The monoisotopic (exact) mass is 347 g/mol. The second-order valence-electron chi connectivity index (χ2n) is 5.02. The van der Waals surface area contributed by atoms with Crippen LogP contribution in [0.2, 0.25) is 0 Å². The summed E-state index contributed by atoms with van der Waals surface area (Å²) in [7, 11) is 0. The Kier molecular flexibility index (Phi) is 5.55. The lowest BCUT2D eigenvalue weighted by atomic mass is 9.76. The van der Waals surface area contributed by atoms with Gasteiger partial charge in [-0.05, 0) is 40.2 Å². The standard InChI is InChI=1S/C13H18BrNO3S/c1-8(2)13(3,12(17)18)6-11(16)15-7-10-9(14)4-5-19-10/h4-5,8H,6-7H2,1-3H3,(H,15,16)(H,17,18). The first-order chi connectivity index (χ1) is 8.77. The number of carbonyl (C=O) groups is 2. The lowest BCUT2D eigenvalue weighted by molar-refractivity contribution is -0.153. The Bertz CT molecular complexity index is 472. The summed E-state index contributed by atoms with van der Waals surface area (Å²) in [6.07, 6.45) is -0.0109. The SMILES string of the molecule is CC(C)C(C)(CC(=O)NCc1sccc1Br)C(=O)O. The van der Waals surface area contributed by atoms with Gasteiger partial charge in [0.1, 0.15) is 0 Å². The lowest BCUT2D eigenvalue weighted by Gasteiger charge is -2.28. The van der Waals surface area contributed by atoms with Crippen molar-refractivity contribution in [3.63, 3.8) is 0 Å². The van der Waals surface area contributed by atoms with Crippen LogP contribution < -0.4 is 5.32 Å². The molecule has 4 nitrogen and oxygen atoms in total. The van der Waals surface area contributed by atoms with E-state index in [1.165, 1.54) is 0 Å². The van der Waals surface area contributed by atoms with Crippen LogP contribution in [-0.2, 0) is 16.1 Å². The normalized spacial score (nSPS) is 14.2. The van der Waals surface area contributed by atoms with E-state index in [1.54, 1.807) is 18.3 Å². The Morgan fingerprint density at radius 1 is 1.53 bits per heavy atom. The van der Waals surface area contributed by atoms with Crippen LogP contribution >= 0.6 is 27.3 Å². The fraction of sp³-hybridized carbons (Fsp3) is 0.538. The molecule has 0 aromatic carbocycles. The molecule has 1 unspecified atom stereocenters. The number of thiophene rings is 1. The first-order valence-corrected chi connectivity index (χ1v) is 7.66. The molecule has 6 heteroatoms. The minimum atomic E-state index is -1.03. The number of halogens is 1. The maximum absolute atomic E-state index is 11.9. The van der Waals surface area contributed by atoms with Crippen molar-refractivity contribution < 1.29 is 14.7 Å². The van der Waals surface area contributed by atoms with E-state index in [9.17, 15) is 14.7 Å². The molecule has 0 saturated carbocycles. The molecule has 0 aliphatic heterocycles. The Morgan fingerprint density at radius 2 is 2.16 bits per heavy atom. The van der Waals surface area contributed by atoms with Gasteiger partial charge in [0.15, 0.2) is 0 Å². The van der Waals surface area contributed by atoms with Gasteiger partial charge in [0.05, 0.1) is 12.0 Å². The van der Waals surface area contributed by atoms with Crippen LogP contribution in [0.4, 0.5) is 0 Å². The molecule has 0 aliphatic carbocycles. The number of hydrogen-bond acceptors (Lipinski definition) is 3. The average molecular weight is 348 g/mol. The molecule has 106 valence electrons. The van der Waals surface area contributed by atoms with Gasteiger partial charge >= 0.3 is 5.97 Å². The zero-order valence-electron chi connectivity index (χ0n) is 11.2. The first-order valence-electron chi connectivity index (χ1n) is 5.99. The van der Waals surface area contributed by atoms with E-state index in [0.717, 1.165) is 9.35 Å². The van der Waals surface area contributed by atoms with Crippen LogP contribution in [0.3, 0.4) is 0 Å². The number of aliphatic carboxylic acids is 1. The molecule has 1 amide bonds. The van der Waals surface area contributed by atoms with E-state index in [1.807, 2.05) is 25.3 Å². The van der Waals surface area contributed by atoms with Crippen molar-refractivity contribution in [1.82, 2.24) is 5.32 Å². The van der Waals surface area contributed by atoms with Gasteiger partial charge in [-0.1, -0.05) is 13.8 Å². The van der Waals surface area contributed by atoms with Crippen molar-refractivity contribution in [3.8, 4) is 0 Å². The number of rotatable bonds is 6. The van der Waals surface area contributed by atoms with Crippen molar-refractivity contribution >= 4 is 39.1 Å². The van der Waals surface area contributed by atoms with Gasteiger partial charge in [0.25, 0.3) is 0 Å². The number of nitrogens with one attached hydrogen (secondary N) is 1. The highest BCUT2D eigenvalue weighted by Gasteiger charge is 2.38. The lowest BCUT2D eigenvalue weighted by Crippen LogP contribution is -2.39. The van der Waals surface area contributed by atoms with Crippen molar-refractivity contribution in [1.29, 1.82) is 0 Å². The van der Waals surface area contributed by atoms with Crippen molar-refractivity contribution in [3.05, 3.63) is 20.8 Å². The van der Waals surface area contributed by atoms with Crippen molar-refractivity contribution in [2.75, 3.05) is 0 Å². The summed E-state index contributed by atoms with van der Waals surface area (Å²) in [6, 6.07) is 1.92. The summed E-state index contributed by atoms with van der Waals surface area (Å²) < 4.78 is 0.961. The predicted octanol–water partition coefficient (Wildman–Crippen LogP) is 3.26. The Balaban J connectivity index is 2.60. The van der Waals surface area contributed by atoms with Gasteiger partial charge in [0.2, 0.25) is 5.91 Å². The summed E-state index contributed by atoms with van der Waals surface area (Å²) in [5.74, 6) is -1.28. The van der Waals surface area contributed by atoms with Crippen LogP contribution in [0, 0.1) is 11.3 Å². The summed E-state index contributed by atoms with van der Waals surface area (Å²) in [5, 5.41) is 14.0. The zero-order valence-corrected chi connectivity index (χ0v) is 13.6. The summed E-state index contributed by atoms with van der Waals surface area (Å²) in [4.78, 5) is 24.2. The molecule has 1 rings (SSSR count). The van der Waals surface area contributed by atoms with Crippen LogP contribution in [-0.4, -0.2) is 17.0 Å². The van der Waals surface area contributed by atoms with Gasteiger partial charge in [-0.25, -0.2) is 0 Å². The fourth-order valence-corrected chi connectivity index (χ4v) is 2.99. The quantitative estimate of drug-likeness (QED) is 0.829. The molecule has 0 fully saturated rings. The molecular weight excluding hydrogens is 330 g/mol. The van der Waals surface area contributed by atoms with E-state index in [-0.39, 0.29) is 18.2 Å². The predicted molar refractivity (Wildman–Crippen MR) is 79.1 cm³/mol. The third-order valence-electron chi connectivity index (χ3n) is 3.43. The Labute approximate surface area is 125 Å². The molecule has 1 aromatic rings. The molecule has 1 aromatic heterocycles. The van der Waals surface area contributed by atoms with Gasteiger partial charge in [-0.2, -0.15) is 0 Å². The molecule has 0 radical (unpaired) electrons. The molecule has 1 atom stereocenters. The maximum atomic E-state index is 11.9. The highest BCUT2D eigenvalue weighted by Crippen LogP contribution is 2.31. The summed E-state index contributed by atoms with van der Waals surface area (Å²) in [5.41, 5.74) is -1.03. The van der Waals surface area contributed by atoms with E-state index < -0.39 is 11.4 Å². The molecule has 1 heterocycles. The van der Waals surface area contributed by atoms with Crippen LogP contribution in [0.25, 0.3) is 0 Å². The van der Waals surface area contributed by atoms with Crippen LogP contribution in [0.15, 0.2) is 15.9 Å². The van der Waals surface area contributed by atoms with E-state index in [2.05, 4.69) is 21.2 Å². The number of carbonyl (C=O) groups excluding carboxylic acids is 1. The fourth-order valence-electron chi connectivity index (χ4n) is 1.55. The van der Waals surface area contributed by atoms with Crippen LogP contribution in [0.1, 0.15) is 32.1 Å². The largest absolute Gasteiger partial charge is 0.481 e. The smallest absolute Gasteiger partial charge is 0.310 e. The molecule has 2 N–H and O–H groups in total. The van der Waals surface area contributed by atoms with Gasteiger partial charge in [-0.15, -0.1) is 11.3 Å². The molecule has 0 spiro atoms. The maximum Gasteiger partial charge on any atom is 0.310 e. The number of amides is 1.